The van der Waals surface area contributed by atoms with Crippen LogP contribution in [-0.4, -0.2) is 28.0 Å². The Bertz CT molecular complexity index is 87.7. The lowest BCUT2D eigenvalue weighted by Gasteiger charge is -2.18. The van der Waals surface area contributed by atoms with E-state index in [2.05, 4.69) is 0 Å². The van der Waals surface area contributed by atoms with Gasteiger partial charge in [-0.3, -0.25) is 0 Å². The van der Waals surface area contributed by atoms with Gasteiger partial charge in [0.1, 0.15) is 0 Å². The lowest BCUT2D eigenvalue weighted by atomic mass is 10.6. The topological polar surface area (TPSA) is 18.5 Å². The van der Waals surface area contributed by atoms with E-state index in [9.17, 15) is 0 Å². The van der Waals surface area contributed by atoms with Crippen LogP contribution in [0.25, 0.3) is 0 Å². The van der Waals surface area contributed by atoms with Gasteiger partial charge in [-0.2, -0.15) is 0 Å². The fourth-order valence-corrected chi connectivity index (χ4v) is 2.50. The predicted molar refractivity (Wildman–Crippen MR) is 45.8 cm³/mol. The van der Waals surface area contributed by atoms with E-state index in [-0.39, 0.29) is 0 Å². The molecule has 5 heteroatoms. The van der Waals surface area contributed by atoms with E-state index in [0.29, 0.717) is 5.88 Å². The molecule has 0 radical (unpaired) electrons. The van der Waals surface area contributed by atoms with Gasteiger partial charge in [0.15, 0.2) is 0 Å². The molecule has 0 rings (SSSR count). The molecule has 2 nitrogen and oxygen atoms in total. The summed E-state index contributed by atoms with van der Waals surface area (Å²) < 4.78 is 10.0. The van der Waals surface area contributed by atoms with Gasteiger partial charge in [0, 0.05) is 26.1 Å². The number of hydrogen-bond acceptors (Lipinski definition) is 2. The molecule has 0 heterocycles. The molecule has 0 spiro atoms. The maximum atomic E-state index is 5.92. The summed E-state index contributed by atoms with van der Waals surface area (Å²) in [6.45, 7) is 0. The van der Waals surface area contributed by atoms with Gasteiger partial charge < -0.3 is 8.85 Å². The van der Waals surface area contributed by atoms with Crippen molar-refractivity contribution in [1.82, 2.24) is 0 Å². The molecule has 0 aliphatic carbocycles. The Balaban J connectivity index is 3.58. The monoisotopic (exact) mass is 202 g/mol. The normalized spacial score (nSPS) is 12.0. The van der Waals surface area contributed by atoms with Crippen LogP contribution < -0.4 is 0 Å². The highest BCUT2D eigenvalue weighted by atomic mass is 35.6. The second-order valence-corrected chi connectivity index (χ2v) is 6.60. The Morgan fingerprint density at radius 3 is 2.10 bits per heavy atom. The molecule has 0 unspecified atom stereocenters. The molecular formula is C5H12Cl2O2Si. The lowest BCUT2D eigenvalue weighted by Crippen LogP contribution is -2.33. The van der Waals surface area contributed by atoms with Crippen LogP contribution >= 0.6 is 22.7 Å². The molecule has 0 saturated heterocycles. The number of rotatable bonds is 5. The maximum Gasteiger partial charge on any atom is 0.442 e. The summed E-state index contributed by atoms with van der Waals surface area (Å²) in [7, 11) is 0.802. The molecule has 0 amide bonds. The van der Waals surface area contributed by atoms with Crippen molar-refractivity contribution in [3.63, 3.8) is 0 Å². The van der Waals surface area contributed by atoms with Gasteiger partial charge in [0.2, 0.25) is 0 Å². The molecule has 0 saturated carbocycles. The highest BCUT2D eigenvalue weighted by Gasteiger charge is 2.32. The van der Waals surface area contributed by atoms with Gasteiger partial charge in [0.05, 0.1) is 0 Å². The summed E-state index contributed by atoms with van der Waals surface area (Å²) >= 11 is 11.4. The van der Waals surface area contributed by atoms with Crippen molar-refractivity contribution < 1.29 is 8.85 Å². The van der Waals surface area contributed by atoms with Gasteiger partial charge >= 0.3 is 7.87 Å². The van der Waals surface area contributed by atoms with Crippen LogP contribution in [0.3, 0.4) is 0 Å². The van der Waals surface area contributed by atoms with E-state index in [1.165, 1.54) is 0 Å². The third-order valence-corrected chi connectivity index (χ3v) is 5.15. The van der Waals surface area contributed by atoms with E-state index < -0.39 is 7.87 Å². The van der Waals surface area contributed by atoms with Crippen LogP contribution in [0, 0.1) is 0 Å². The van der Waals surface area contributed by atoms with Crippen molar-refractivity contribution in [2.24, 2.45) is 0 Å². The molecular weight excluding hydrogens is 191 g/mol. The van der Waals surface area contributed by atoms with Gasteiger partial charge in [-0.25, -0.2) is 0 Å². The van der Waals surface area contributed by atoms with Gasteiger partial charge in [-0.1, -0.05) is 11.1 Å². The summed E-state index contributed by atoms with van der Waals surface area (Å²) in [5, 5.41) is 0. The first-order chi connectivity index (χ1) is 4.68. The molecule has 0 atom stereocenters. The number of hydrogen-bond donors (Lipinski definition) is 0. The summed E-state index contributed by atoms with van der Waals surface area (Å²) in [4.78, 5) is 0. The van der Waals surface area contributed by atoms with E-state index in [1.54, 1.807) is 14.2 Å². The summed E-state index contributed by atoms with van der Waals surface area (Å²) in [6, 6.07) is 0.741. The Hall–Kier alpha value is 0.717. The zero-order valence-electron chi connectivity index (χ0n) is 6.19. The van der Waals surface area contributed by atoms with Crippen LogP contribution in [0.1, 0.15) is 6.42 Å². The summed E-state index contributed by atoms with van der Waals surface area (Å²) in [5.74, 6) is 0.605. The van der Waals surface area contributed by atoms with Gasteiger partial charge in [-0.05, 0) is 6.42 Å². The average Bonchev–Trinajstić information content (AvgIpc) is 2.00. The van der Waals surface area contributed by atoms with E-state index in [1.807, 2.05) is 0 Å². The fourth-order valence-electron chi connectivity index (χ4n) is 0.565. The second kappa shape index (κ2) is 5.38. The Morgan fingerprint density at radius 2 is 1.80 bits per heavy atom. The Kier molecular flexibility index (Phi) is 5.76. The Labute approximate surface area is 72.4 Å². The molecule has 0 fully saturated rings. The molecule has 0 N–H and O–H groups in total. The van der Waals surface area contributed by atoms with E-state index >= 15 is 0 Å². The van der Waals surface area contributed by atoms with E-state index in [0.717, 1.165) is 12.5 Å². The third kappa shape index (κ3) is 3.78. The van der Waals surface area contributed by atoms with E-state index in [4.69, 9.17) is 31.5 Å². The van der Waals surface area contributed by atoms with Gasteiger partial charge in [0.25, 0.3) is 0 Å². The van der Waals surface area contributed by atoms with Crippen LogP contribution in [0.4, 0.5) is 0 Å². The standard InChI is InChI=1S/C5H12Cl2O2Si/c1-8-10(7,9-2)5-3-4-6/h3-5H2,1-2H3. The first-order valence-electron chi connectivity index (χ1n) is 3.03. The highest BCUT2D eigenvalue weighted by Crippen LogP contribution is 2.18. The minimum Gasteiger partial charge on any atom is -0.386 e. The smallest absolute Gasteiger partial charge is 0.386 e. The first kappa shape index (κ1) is 10.7. The summed E-state index contributed by atoms with van der Waals surface area (Å²) in [5.41, 5.74) is 0. The SMILES string of the molecule is CO[Si](Cl)(CCCCl)OC. The van der Waals surface area contributed by atoms with Crippen molar-refractivity contribution >= 4 is 30.6 Å². The molecule has 0 bridgehead atoms. The molecule has 10 heavy (non-hydrogen) atoms. The van der Waals surface area contributed by atoms with Crippen LogP contribution in [0.15, 0.2) is 0 Å². The van der Waals surface area contributed by atoms with Crippen LogP contribution in [0.2, 0.25) is 6.04 Å². The summed E-state index contributed by atoms with van der Waals surface area (Å²) in [6.07, 6.45) is 0.846. The van der Waals surface area contributed by atoms with Crippen LogP contribution in [-0.2, 0) is 8.85 Å². The van der Waals surface area contributed by atoms with Crippen molar-refractivity contribution in [3.05, 3.63) is 0 Å². The number of alkyl halides is 1. The molecule has 62 valence electrons. The zero-order valence-corrected chi connectivity index (χ0v) is 8.71. The highest BCUT2D eigenvalue weighted by molar-refractivity contribution is 7.12. The molecule has 0 aromatic heterocycles. The average molecular weight is 203 g/mol. The van der Waals surface area contributed by atoms with Crippen molar-refractivity contribution in [2.75, 3.05) is 20.1 Å². The van der Waals surface area contributed by atoms with Gasteiger partial charge in [-0.15, -0.1) is 11.6 Å². The molecule has 0 aromatic carbocycles. The molecule has 0 aliphatic rings. The predicted octanol–water partition coefficient (Wildman–Crippen LogP) is 2.09. The first-order valence-corrected chi connectivity index (χ1v) is 6.60. The minimum absolute atomic E-state index is 0.605. The largest absolute Gasteiger partial charge is 0.442 e. The Morgan fingerprint density at radius 1 is 1.30 bits per heavy atom. The number of halogens is 2. The zero-order chi connectivity index (χ0) is 8.04. The maximum absolute atomic E-state index is 5.92. The lowest BCUT2D eigenvalue weighted by molar-refractivity contribution is 0.265. The quantitative estimate of drug-likeness (QED) is 0.387. The van der Waals surface area contributed by atoms with Crippen molar-refractivity contribution in [1.29, 1.82) is 0 Å². The molecule has 0 aromatic rings. The minimum atomic E-state index is -2.33. The van der Waals surface area contributed by atoms with Crippen molar-refractivity contribution in [2.45, 2.75) is 12.5 Å². The van der Waals surface area contributed by atoms with Crippen LogP contribution in [0.5, 0.6) is 0 Å². The third-order valence-electron chi connectivity index (χ3n) is 1.22. The fraction of sp³-hybridized carbons (Fsp3) is 1.00. The van der Waals surface area contributed by atoms with Crippen molar-refractivity contribution in [3.8, 4) is 0 Å². The second-order valence-electron chi connectivity index (χ2n) is 1.86. The molecule has 0 aliphatic heterocycles.